The number of piperazine rings is 1. The van der Waals surface area contributed by atoms with E-state index in [1.165, 1.54) is 29.7 Å². The van der Waals surface area contributed by atoms with Crippen molar-refractivity contribution in [3.63, 3.8) is 0 Å². The number of amides is 2. The number of benzene rings is 1. The molecule has 2 amide bonds. The van der Waals surface area contributed by atoms with Gasteiger partial charge in [0, 0.05) is 37.4 Å². The van der Waals surface area contributed by atoms with Gasteiger partial charge in [0.15, 0.2) is 5.65 Å². The number of piperidine rings is 1. The number of ether oxygens (including phenoxy) is 1. The number of hydrogen-bond donors (Lipinski definition) is 1. The van der Waals surface area contributed by atoms with Gasteiger partial charge in [-0.1, -0.05) is 23.5 Å². The standard InChI is InChI=1S/C21H21N5O2S/c22-19(27)25-11-15-8-14-9-21(14,12-25)26(15)10-13-3-5-16(6-4-13)28-20-24-18-17(29-20)2-1-7-23-18/h1-7,14-15H,8-12H2,(H2,22,27)/t14-,15?,21-/m0/s1. The fourth-order valence-electron chi connectivity index (χ4n) is 5.16. The third kappa shape index (κ3) is 2.78. The maximum atomic E-state index is 11.7. The van der Waals surface area contributed by atoms with E-state index >= 15 is 0 Å². The van der Waals surface area contributed by atoms with Crippen LogP contribution in [0.15, 0.2) is 42.6 Å². The summed E-state index contributed by atoms with van der Waals surface area (Å²) in [4.78, 5) is 24.8. The Balaban J connectivity index is 1.16. The molecule has 2 N–H and O–H groups in total. The first-order chi connectivity index (χ1) is 14.1. The summed E-state index contributed by atoms with van der Waals surface area (Å²) in [5, 5.41) is 0.603. The quantitative estimate of drug-likeness (QED) is 0.718. The molecule has 3 fully saturated rings. The van der Waals surface area contributed by atoms with Gasteiger partial charge in [-0.25, -0.2) is 9.78 Å². The Labute approximate surface area is 172 Å². The number of primary amides is 1. The third-order valence-corrected chi connectivity index (χ3v) is 7.49. The van der Waals surface area contributed by atoms with Crippen molar-refractivity contribution in [1.82, 2.24) is 19.8 Å². The van der Waals surface area contributed by atoms with E-state index in [1.807, 2.05) is 29.2 Å². The second kappa shape index (κ2) is 6.14. The van der Waals surface area contributed by atoms with Crippen LogP contribution in [-0.4, -0.2) is 50.5 Å². The maximum Gasteiger partial charge on any atom is 0.314 e. The lowest BCUT2D eigenvalue weighted by molar-refractivity contribution is 0.0482. The van der Waals surface area contributed by atoms with Crippen molar-refractivity contribution in [3.8, 4) is 10.9 Å². The van der Waals surface area contributed by atoms with Gasteiger partial charge in [-0.15, -0.1) is 0 Å². The smallest absolute Gasteiger partial charge is 0.314 e. The van der Waals surface area contributed by atoms with E-state index in [4.69, 9.17) is 10.5 Å². The molecule has 1 unspecified atom stereocenters. The molecule has 1 aliphatic carbocycles. The van der Waals surface area contributed by atoms with Gasteiger partial charge in [0.05, 0.1) is 4.70 Å². The number of nitrogens with two attached hydrogens (primary N) is 1. The van der Waals surface area contributed by atoms with Crippen LogP contribution in [0.4, 0.5) is 4.79 Å². The SMILES string of the molecule is NC(=O)N1CC2C[C@H]3C[C@@]3(C1)N2Cc1ccc(Oc2nc3ncccc3s2)cc1. The summed E-state index contributed by atoms with van der Waals surface area (Å²) in [7, 11) is 0. The molecule has 29 heavy (non-hydrogen) atoms. The second-order valence-electron chi connectivity index (χ2n) is 8.29. The highest BCUT2D eigenvalue weighted by Crippen LogP contribution is 2.60. The van der Waals surface area contributed by atoms with Crippen LogP contribution in [-0.2, 0) is 6.54 Å². The fraction of sp³-hybridized carbons (Fsp3) is 0.381. The van der Waals surface area contributed by atoms with Gasteiger partial charge in [0.1, 0.15) is 5.75 Å². The van der Waals surface area contributed by atoms with Gasteiger partial charge in [-0.05, 0) is 48.6 Å². The summed E-state index contributed by atoms with van der Waals surface area (Å²) >= 11 is 1.49. The zero-order valence-corrected chi connectivity index (χ0v) is 16.6. The molecule has 2 aromatic heterocycles. The lowest BCUT2D eigenvalue weighted by Crippen LogP contribution is -2.59. The first kappa shape index (κ1) is 17.2. The van der Waals surface area contributed by atoms with Gasteiger partial charge < -0.3 is 15.4 Å². The van der Waals surface area contributed by atoms with Gasteiger partial charge in [-0.3, -0.25) is 4.90 Å². The molecule has 3 aliphatic rings. The van der Waals surface area contributed by atoms with Crippen LogP contribution in [0.3, 0.4) is 0 Å². The molecule has 7 nitrogen and oxygen atoms in total. The van der Waals surface area contributed by atoms with Crippen LogP contribution in [0.5, 0.6) is 10.9 Å². The predicted octanol–water partition coefficient (Wildman–Crippen LogP) is 3.21. The van der Waals surface area contributed by atoms with Crippen molar-refractivity contribution in [2.24, 2.45) is 11.7 Å². The van der Waals surface area contributed by atoms with E-state index in [1.54, 1.807) is 6.20 Å². The molecule has 4 heterocycles. The van der Waals surface area contributed by atoms with Gasteiger partial charge >= 0.3 is 6.03 Å². The van der Waals surface area contributed by atoms with Crippen LogP contribution >= 0.6 is 11.3 Å². The van der Waals surface area contributed by atoms with Gasteiger partial charge in [0.2, 0.25) is 0 Å². The molecule has 1 spiro atoms. The molecule has 2 saturated heterocycles. The van der Waals surface area contributed by atoms with Crippen LogP contribution in [0, 0.1) is 5.92 Å². The average Bonchev–Trinajstić information content (AvgIpc) is 3.14. The molecular weight excluding hydrogens is 386 g/mol. The zero-order valence-electron chi connectivity index (χ0n) is 15.8. The number of fused-ring (bicyclic) bond motifs is 2. The molecule has 148 valence electrons. The van der Waals surface area contributed by atoms with Crippen molar-refractivity contribution < 1.29 is 9.53 Å². The summed E-state index contributed by atoms with van der Waals surface area (Å²) in [5.41, 5.74) is 7.67. The highest BCUT2D eigenvalue weighted by Gasteiger charge is 2.67. The normalized spacial score (nSPS) is 27.8. The molecule has 8 heteroatoms. The highest BCUT2D eigenvalue weighted by atomic mass is 32.1. The number of nitrogens with zero attached hydrogens (tertiary/aromatic N) is 4. The Bertz CT molecular complexity index is 1070. The molecule has 2 aliphatic heterocycles. The Morgan fingerprint density at radius 3 is 2.93 bits per heavy atom. The van der Waals surface area contributed by atoms with Crippen molar-refractivity contribution >= 4 is 27.7 Å². The van der Waals surface area contributed by atoms with Crippen LogP contribution < -0.4 is 10.5 Å². The number of thiazole rings is 1. The van der Waals surface area contributed by atoms with E-state index in [2.05, 4.69) is 27.0 Å². The minimum atomic E-state index is -0.284. The molecule has 1 aromatic carbocycles. The predicted molar refractivity (Wildman–Crippen MR) is 110 cm³/mol. The van der Waals surface area contributed by atoms with Crippen molar-refractivity contribution in [1.29, 1.82) is 0 Å². The minimum Gasteiger partial charge on any atom is -0.431 e. The van der Waals surface area contributed by atoms with Crippen LogP contribution in [0.1, 0.15) is 18.4 Å². The summed E-state index contributed by atoms with van der Waals surface area (Å²) in [5.74, 6) is 1.49. The van der Waals surface area contributed by atoms with E-state index < -0.39 is 0 Å². The lowest BCUT2D eigenvalue weighted by Gasteiger charge is -2.43. The summed E-state index contributed by atoms with van der Waals surface area (Å²) in [6.07, 6.45) is 4.09. The second-order valence-corrected chi connectivity index (χ2v) is 9.28. The van der Waals surface area contributed by atoms with E-state index in [9.17, 15) is 4.79 Å². The van der Waals surface area contributed by atoms with E-state index in [0.29, 0.717) is 22.8 Å². The number of aromatic nitrogens is 2. The van der Waals surface area contributed by atoms with Crippen molar-refractivity contribution in [3.05, 3.63) is 48.2 Å². The van der Waals surface area contributed by atoms with E-state index in [-0.39, 0.29) is 11.6 Å². The summed E-state index contributed by atoms with van der Waals surface area (Å²) in [6, 6.07) is 12.3. The van der Waals surface area contributed by atoms with Gasteiger partial charge in [-0.2, -0.15) is 4.98 Å². The summed E-state index contributed by atoms with van der Waals surface area (Å²) in [6.45, 7) is 2.43. The number of hydrogen-bond acceptors (Lipinski definition) is 6. The summed E-state index contributed by atoms with van der Waals surface area (Å²) < 4.78 is 6.94. The van der Waals surface area contributed by atoms with Crippen molar-refractivity contribution in [2.45, 2.75) is 31.0 Å². The molecule has 3 atom stereocenters. The maximum absolute atomic E-state index is 11.7. The minimum absolute atomic E-state index is 0.154. The number of likely N-dealkylation sites (tertiary alicyclic amines) is 1. The zero-order chi connectivity index (χ0) is 19.6. The molecule has 3 aromatic rings. The Morgan fingerprint density at radius 1 is 1.31 bits per heavy atom. The molecule has 6 rings (SSSR count). The third-order valence-electron chi connectivity index (χ3n) is 6.60. The Morgan fingerprint density at radius 2 is 2.17 bits per heavy atom. The first-order valence-corrected chi connectivity index (χ1v) is 10.7. The Kier molecular flexibility index (Phi) is 3.64. The van der Waals surface area contributed by atoms with E-state index in [0.717, 1.165) is 30.1 Å². The van der Waals surface area contributed by atoms with Crippen LogP contribution in [0.25, 0.3) is 10.3 Å². The first-order valence-electron chi connectivity index (χ1n) is 9.90. The van der Waals surface area contributed by atoms with Crippen LogP contribution in [0.2, 0.25) is 0 Å². The number of pyridine rings is 1. The fourth-order valence-corrected chi connectivity index (χ4v) is 5.95. The molecular formula is C21H21N5O2S. The largest absolute Gasteiger partial charge is 0.431 e. The van der Waals surface area contributed by atoms with Crippen molar-refractivity contribution in [2.75, 3.05) is 13.1 Å². The number of rotatable bonds is 4. The lowest BCUT2D eigenvalue weighted by atomic mass is 10.1. The average molecular weight is 407 g/mol. The molecule has 1 saturated carbocycles. The topological polar surface area (TPSA) is 84.6 Å². The highest BCUT2D eigenvalue weighted by molar-refractivity contribution is 7.20. The monoisotopic (exact) mass is 407 g/mol. The number of urea groups is 1. The Hall–Kier alpha value is -2.71. The van der Waals surface area contributed by atoms with Gasteiger partial charge in [0.25, 0.3) is 5.19 Å². The number of carbonyl (C=O) groups is 1. The molecule has 2 bridgehead atoms. The number of carbonyl (C=O) groups excluding carboxylic acids is 1. The molecule has 0 radical (unpaired) electrons.